The lowest BCUT2D eigenvalue weighted by molar-refractivity contribution is 0.586. The van der Waals surface area contributed by atoms with Crippen LogP contribution in [0.25, 0.3) is 11.0 Å². The Balaban J connectivity index is 2.03. The SMILES string of the molecule is CCCNC(c1cnc2ccccc2n1)c1ccsc1C. The van der Waals surface area contributed by atoms with E-state index in [-0.39, 0.29) is 6.04 Å². The van der Waals surface area contributed by atoms with Gasteiger partial charge in [-0.2, -0.15) is 0 Å². The first-order chi connectivity index (χ1) is 10.3. The van der Waals surface area contributed by atoms with E-state index < -0.39 is 0 Å². The molecule has 0 spiro atoms. The molecule has 2 heterocycles. The average Bonchev–Trinajstić information content (AvgIpc) is 2.94. The zero-order chi connectivity index (χ0) is 14.7. The van der Waals surface area contributed by atoms with Crippen molar-refractivity contribution in [1.82, 2.24) is 15.3 Å². The van der Waals surface area contributed by atoms with Crippen molar-refractivity contribution in [2.24, 2.45) is 0 Å². The Morgan fingerprint density at radius 1 is 1.19 bits per heavy atom. The van der Waals surface area contributed by atoms with Crippen LogP contribution in [0.1, 0.15) is 35.5 Å². The lowest BCUT2D eigenvalue weighted by atomic mass is 10.0. The highest BCUT2D eigenvalue weighted by atomic mass is 32.1. The molecule has 0 aliphatic rings. The topological polar surface area (TPSA) is 37.8 Å². The molecule has 0 amide bonds. The van der Waals surface area contributed by atoms with E-state index in [1.165, 1.54) is 10.4 Å². The molecule has 0 saturated heterocycles. The number of nitrogens with zero attached hydrogens (tertiary/aromatic N) is 2. The summed E-state index contributed by atoms with van der Waals surface area (Å²) in [5.41, 5.74) is 4.19. The number of aromatic nitrogens is 2. The van der Waals surface area contributed by atoms with Crippen LogP contribution in [-0.2, 0) is 0 Å². The highest BCUT2D eigenvalue weighted by molar-refractivity contribution is 7.10. The molecule has 0 fully saturated rings. The largest absolute Gasteiger partial charge is 0.305 e. The van der Waals surface area contributed by atoms with Crippen LogP contribution in [0, 0.1) is 6.92 Å². The van der Waals surface area contributed by atoms with Crippen LogP contribution in [0.5, 0.6) is 0 Å². The molecule has 2 aromatic heterocycles. The molecule has 1 unspecified atom stereocenters. The number of para-hydroxylation sites is 2. The van der Waals surface area contributed by atoms with Gasteiger partial charge in [0.05, 0.1) is 29.0 Å². The standard InChI is InChI=1S/C17H19N3S/c1-3-9-18-17(13-8-10-21-12(13)2)16-11-19-14-6-4-5-7-15(14)20-16/h4-8,10-11,17-18H,3,9H2,1-2H3. The molecule has 1 atom stereocenters. The predicted molar refractivity (Wildman–Crippen MR) is 88.7 cm³/mol. The Bertz CT molecular complexity index is 735. The number of thiophene rings is 1. The van der Waals surface area contributed by atoms with Crippen LogP contribution in [0.4, 0.5) is 0 Å². The fourth-order valence-corrected chi connectivity index (χ4v) is 3.21. The van der Waals surface area contributed by atoms with Crippen molar-refractivity contribution in [3.63, 3.8) is 0 Å². The summed E-state index contributed by atoms with van der Waals surface area (Å²) in [6, 6.07) is 10.3. The van der Waals surface area contributed by atoms with E-state index in [2.05, 4.69) is 35.6 Å². The maximum atomic E-state index is 4.81. The van der Waals surface area contributed by atoms with Crippen molar-refractivity contribution >= 4 is 22.4 Å². The van der Waals surface area contributed by atoms with Crippen LogP contribution in [0.3, 0.4) is 0 Å². The molecule has 3 aromatic rings. The number of rotatable bonds is 5. The minimum Gasteiger partial charge on any atom is -0.305 e. The molecule has 3 nitrogen and oxygen atoms in total. The van der Waals surface area contributed by atoms with Gasteiger partial charge in [-0.3, -0.25) is 4.98 Å². The first-order valence-corrected chi connectivity index (χ1v) is 8.16. The van der Waals surface area contributed by atoms with Gasteiger partial charge in [-0.15, -0.1) is 11.3 Å². The van der Waals surface area contributed by atoms with Gasteiger partial charge >= 0.3 is 0 Å². The van der Waals surface area contributed by atoms with Crippen LogP contribution in [0.15, 0.2) is 41.9 Å². The molecule has 1 N–H and O–H groups in total. The third kappa shape index (κ3) is 2.96. The summed E-state index contributed by atoms with van der Waals surface area (Å²) in [4.78, 5) is 10.7. The fraction of sp³-hybridized carbons (Fsp3) is 0.294. The Kier molecular flexibility index (Phi) is 4.27. The Morgan fingerprint density at radius 3 is 2.71 bits per heavy atom. The van der Waals surface area contributed by atoms with Crippen molar-refractivity contribution in [3.05, 3.63) is 58.0 Å². The molecule has 1 aromatic carbocycles. The van der Waals surface area contributed by atoms with E-state index in [9.17, 15) is 0 Å². The lowest BCUT2D eigenvalue weighted by Gasteiger charge is -2.18. The molecule has 0 radical (unpaired) electrons. The summed E-state index contributed by atoms with van der Waals surface area (Å²) in [7, 11) is 0. The minimum absolute atomic E-state index is 0.119. The van der Waals surface area contributed by atoms with Gasteiger partial charge in [0.25, 0.3) is 0 Å². The summed E-state index contributed by atoms with van der Waals surface area (Å²) in [5, 5.41) is 5.74. The maximum Gasteiger partial charge on any atom is 0.0890 e. The smallest absolute Gasteiger partial charge is 0.0890 e. The van der Waals surface area contributed by atoms with Gasteiger partial charge in [-0.1, -0.05) is 19.1 Å². The number of benzene rings is 1. The van der Waals surface area contributed by atoms with Gasteiger partial charge in [-0.25, -0.2) is 4.98 Å². The Hall–Kier alpha value is -1.78. The number of nitrogens with one attached hydrogen (secondary N) is 1. The lowest BCUT2D eigenvalue weighted by Crippen LogP contribution is -2.24. The van der Waals surface area contributed by atoms with Gasteiger partial charge in [0.15, 0.2) is 0 Å². The van der Waals surface area contributed by atoms with Gasteiger partial charge in [0.1, 0.15) is 0 Å². The summed E-state index contributed by atoms with van der Waals surface area (Å²) in [5.74, 6) is 0. The number of aryl methyl sites for hydroxylation is 1. The molecule has 3 rings (SSSR count). The summed E-state index contributed by atoms with van der Waals surface area (Å²) >= 11 is 1.78. The minimum atomic E-state index is 0.119. The molecule has 108 valence electrons. The molecular formula is C17H19N3S. The quantitative estimate of drug-likeness (QED) is 0.771. The molecule has 4 heteroatoms. The van der Waals surface area contributed by atoms with E-state index >= 15 is 0 Å². The highest BCUT2D eigenvalue weighted by Gasteiger charge is 2.18. The van der Waals surface area contributed by atoms with Crippen molar-refractivity contribution in [1.29, 1.82) is 0 Å². The van der Waals surface area contributed by atoms with Crippen molar-refractivity contribution in [3.8, 4) is 0 Å². The maximum absolute atomic E-state index is 4.81. The van der Waals surface area contributed by atoms with Crippen molar-refractivity contribution in [2.45, 2.75) is 26.3 Å². The van der Waals surface area contributed by atoms with Gasteiger partial charge in [0.2, 0.25) is 0 Å². The third-order valence-corrected chi connectivity index (χ3v) is 4.43. The van der Waals surface area contributed by atoms with E-state index in [0.717, 1.165) is 29.7 Å². The summed E-state index contributed by atoms with van der Waals surface area (Å²) in [6.07, 6.45) is 2.99. The van der Waals surface area contributed by atoms with E-state index in [4.69, 9.17) is 4.98 Å². The second kappa shape index (κ2) is 6.33. The summed E-state index contributed by atoms with van der Waals surface area (Å²) in [6.45, 7) is 5.31. The summed E-state index contributed by atoms with van der Waals surface area (Å²) < 4.78 is 0. The van der Waals surface area contributed by atoms with E-state index in [1.54, 1.807) is 11.3 Å². The highest BCUT2D eigenvalue weighted by Crippen LogP contribution is 2.27. The first kappa shape index (κ1) is 14.2. The molecule has 21 heavy (non-hydrogen) atoms. The molecule has 0 saturated carbocycles. The van der Waals surface area contributed by atoms with Gasteiger partial charge < -0.3 is 5.32 Å². The number of hydrogen-bond acceptors (Lipinski definition) is 4. The van der Waals surface area contributed by atoms with Crippen LogP contribution >= 0.6 is 11.3 Å². The number of hydrogen-bond donors (Lipinski definition) is 1. The van der Waals surface area contributed by atoms with Gasteiger partial charge in [-0.05, 0) is 49.0 Å². The average molecular weight is 297 g/mol. The molecule has 0 bridgehead atoms. The van der Waals surface area contributed by atoms with Crippen LogP contribution < -0.4 is 5.32 Å². The first-order valence-electron chi connectivity index (χ1n) is 7.28. The Morgan fingerprint density at radius 2 is 2.00 bits per heavy atom. The van der Waals surface area contributed by atoms with E-state index in [1.807, 2.05) is 30.5 Å². The van der Waals surface area contributed by atoms with E-state index in [0.29, 0.717) is 0 Å². The second-order valence-electron chi connectivity index (χ2n) is 5.10. The van der Waals surface area contributed by atoms with Crippen molar-refractivity contribution < 1.29 is 0 Å². The Labute approximate surface area is 129 Å². The third-order valence-electron chi connectivity index (χ3n) is 3.57. The monoisotopic (exact) mass is 297 g/mol. The van der Waals surface area contributed by atoms with Crippen molar-refractivity contribution in [2.75, 3.05) is 6.54 Å². The molecule has 0 aliphatic heterocycles. The molecular weight excluding hydrogens is 278 g/mol. The molecule has 0 aliphatic carbocycles. The van der Waals surface area contributed by atoms with Crippen LogP contribution in [-0.4, -0.2) is 16.5 Å². The van der Waals surface area contributed by atoms with Crippen LogP contribution in [0.2, 0.25) is 0 Å². The predicted octanol–water partition coefficient (Wildman–Crippen LogP) is 4.09. The number of fused-ring (bicyclic) bond motifs is 1. The zero-order valence-corrected chi connectivity index (χ0v) is 13.2. The van der Waals surface area contributed by atoms with Gasteiger partial charge in [0, 0.05) is 4.88 Å². The zero-order valence-electron chi connectivity index (χ0n) is 12.3. The second-order valence-corrected chi connectivity index (χ2v) is 6.22. The fourth-order valence-electron chi connectivity index (χ4n) is 2.47. The normalized spacial score (nSPS) is 12.7.